The molecule has 128 valence electrons. The van der Waals surface area contributed by atoms with E-state index in [1.165, 1.54) is 12.1 Å². The molecule has 0 heterocycles. The third-order valence-corrected chi connectivity index (χ3v) is 3.67. The highest BCUT2D eigenvalue weighted by Gasteiger charge is 2.32. The molecule has 1 aliphatic rings. The van der Waals surface area contributed by atoms with Crippen LogP contribution in [0.1, 0.15) is 37.7 Å². The monoisotopic (exact) mass is 331 g/mol. The Kier molecular flexibility index (Phi) is 5.38. The molecule has 2 N–H and O–H groups in total. The molecule has 4 nitrogen and oxygen atoms in total. The van der Waals surface area contributed by atoms with E-state index in [1.807, 2.05) is 0 Å². The summed E-state index contributed by atoms with van der Waals surface area (Å²) < 4.78 is 46.7. The normalized spacial score (nSPS) is 16.0. The van der Waals surface area contributed by atoms with E-state index in [0.29, 0.717) is 17.9 Å². The number of halogens is 3. The first-order chi connectivity index (χ1) is 10.8. The third-order valence-electron chi connectivity index (χ3n) is 3.67. The number of hydrogen-bond donors (Lipinski definition) is 1. The van der Waals surface area contributed by atoms with Crippen molar-refractivity contribution in [3.8, 4) is 5.75 Å². The van der Waals surface area contributed by atoms with Crippen molar-refractivity contribution < 1.29 is 27.4 Å². The molecule has 23 heavy (non-hydrogen) atoms. The van der Waals surface area contributed by atoms with E-state index in [-0.39, 0.29) is 24.0 Å². The predicted molar refractivity (Wildman–Crippen MR) is 79.1 cm³/mol. The average Bonchev–Trinajstić information content (AvgIpc) is 3.27. The van der Waals surface area contributed by atoms with Crippen LogP contribution in [-0.2, 0) is 9.53 Å². The molecule has 1 unspecified atom stereocenters. The quantitative estimate of drug-likeness (QED) is 0.612. The topological polar surface area (TPSA) is 61.5 Å². The van der Waals surface area contributed by atoms with Crippen molar-refractivity contribution in [1.29, 1.82) is 0 Å². The Morgan fingerprint density at radius 2 is 2.09 bits per heavy atom. The van der Waals surface area contributed by atoms with E-state index in [9.17, 15) is 18.0 Å². The molecule has 1 aromatic carbocycles. The van der Waals surface area contributed by atoms with Gasteiger partial charge in [0.25, 0.3) is 0 Å². The molecular weight excluding hydrogens is 311 g/mol. The summed E-state index contributed by atoms with van der Waals surface area (Å²) in [5, 5.41) is 0. The maximum Gasteiger partial charge on any atom is 0.422 e. The number of anilines is 1. The van der Waals surface area contributed by atoms with Crippen LogP contribution < -0.4 is 10.5 Å². The maximum atomic E-state index is 12.3. The lowest BCUT2D eigenvalue weighted by Crippen LogP contribution is -2.20. The van der Waals surface area contributed by atoms with Gasteiger partial charge in [-0.2, -0.15) is 13.2 Å². The fourth-order valence-electron chi connectivity index (χ4n) is 2.35. The van der Waals surface area contributed by atoms with Gasteiger partial charge >= 0.3 is 12.1 Å². The second kappa shape index (κ2) is 7.10. The molecule has 0 amide bonds. The van der Waals surface area contributed by atoms with Crippen LogP contribution in [0.4, 0.5) is 18.9 Å². The molecule has 0 aliphatic heterocycles. The van der Waals surface area contributed by atoms with Crippen LogP contribution in [-0.4, -0.2) is 25.4 Å². The average molecular weight is 331 g/mol. The fourth-order valence-corrected chi connectivity index (χ4v) is 2.35. The van der Waals surface area contributed by atoms with Crippen molar-refractivity contribution in [3.05, 3.63) is 23.8 Å². The summed E-state index contributed by atoms with van der Waals surface area (Å²) in [6.45, 7) is 0.548. The van der Waals surface area contributed by atoms with Crippen molar-refractivity contribution >= 4 is 11.7 Å². The van der Waals surface area contributed by atoms with Crippen molar-refractivity contribution in [2.45, 2.75) is 38.3 Å². The molecule has 0 radical (unpaired) electrons. The van der Waals surface area contributed by atoms with Gasteiger partial charge in [0, 0.05) is 0 Å². The Hall–Kier alpha value is -1.92. The molecular formula is C16H20F3NO3. The number of carbonyl (C=O) groups excluding carboxylic acids is 1. The molecule has 0 spiro atoms. The number of carbonyl (C=O) groups is 1. The van der Waals surface area contributed by atoms with Crippen LogP contribution in [0.25, 0.3) is 0 Å². The molecule has 1 aliphatic carbocycles. The van der Waals surface area contributed by atoms with Crippen LogP contribution in [0.3, 0.4) is 0 Å². The van der Waals surface area contributed by atoms with Crippen LogP contribution in [0.15, 0.2) is 18.2 Å². The Morgan fingerprint density at radius 1 is 1.39 bits per heavy atom. The number of alkyl halides is 3. The first kappa shape index (κ1) is 17.4. The third kappa shape index (κ3) is 5.33. The van der Waals surface area contributed by atoms with Crippen LogP contribution >= 0.6 is 0 Å². The highest BCUT2D eigenvalue weighted by Crippen LogP contribution is 2.40. The smallest absolute Gasteiger partial charge is 0.422 e. The number of rotatable bonds is 7. The van der Waals surface area contributed by atoms with Crippen molar-refractivity contribution in [3.63, 3.8) is 0 Å². The van der Waals surface area contributed by atoms with Crippen LogP contribution in [0.5, 0.6) is 5.75 Å². The summed E-state index contributed by atoms with van der Waals surface area (Å²) in [6, 6.07) is 4.50. The van der Waals surface area contributed by atoms with Crippen molar-refractivity contribution in [2.75, 3.05) is 18.9 Å². The lowest BCUT2D eigenvalue weighted by molar-refractivity contribution is -0.153. The number of nitrogens with two attached hydrogens (primary N) is 1. The summed E-state index contributed by atoms with van der Waals surface area (Å²) in [6.07, 6.45) is -1.71. The number of esters is 1. The van der Waals surface area contributed by atoms with Gasteiger partial charge in [-0.3, -0.25) is 4.79 Å². The molecule has 1 saturated carbocycles. The number of benzene rings is 1. The molecule has 0 aromatic heterocycles. The zero-order valence-corrected chi connectivity index (χ0v) is 12.9. The van der Waals surface area contributed by atoms with E-state index in [0.717, 1.165) is 12.8 Å². The van der Waals surface area contributed by atoms with Gasteiger partial charge in [0.05, 0.1) is 18.2 Å². The second-order valence-corrected chi connectivity index (χ2v) is 5.68. The fraction of sp³-hybridized carbons (Fsp3) is 0.562. The van der Waals surface area contributed by atoms with Crippen LogP contribution in [0, 0.1) is 5.92 Å². The van der Waals surface area contributed by atoms with E-state index in [4.69, 9.17) is 15.2 Å². The molecule has 1 fully saturated rings. The van der Waals surface area contributed by atoms with Gasteiger partial charge in [0.1, 0.15) is 5.75 Å². The number of ether oxygens (including phenoxy) is 2. The first-order valence-electron chi connectivity index (χ1n) is 7.55. The zero-order chi connectivity index (χ0) is 17.0. The standard InChI is InChI=1S/C16H20F3NO3/c1-2-22-15(21)12(7-10-3-4-10)11-5-6-13(20)14(8-11)23-9-16(17,18)19/h5-6,8,10,12H,2-4,7,9,20H2,1H3. The molecule has 7 heteroatoms. The summed E-state index contributed by atoms with van der Waals surface area (Å²) in [5.41, 5.74) is 6.33. The van der Waals surface area contributed by atoms with Crippen molar-refractivity contribution in [2.24, 2.45) is 5.92 Å². The summed E-state index contributed by atoms with van der Waals surface area (Å²) in [5.74, 6) is -0.478. The minimum absolute atomic E-state index is 0.0649. The predicted octanol–water partition coefficient (Wildman–Crippen LogP) is 3.66. The van der Waals surface area contributed by atoms with Gasteiger partial charge in [-0.25, -0.2) is 0 Å². The second-order valence-electron chi connectivity index (χ2n) is 5.68. The molecule has 1 atom stereocenters. The highest BCUT2D eigenvalue weighted by atomic mass is 19.4. The first-order valence-corrected chi connectivity index (χ1v) is 7.55. The Labute approximate surface area is 132 Å². The van der Waals surface area contributed by atoms with E-state index >= 15 is 0 Å². The van der Waals surface area contributed by atoms with E-state index in [2.05, 4.69) is 0 Å². The molecule has 0 saturated heterocycles. The van der Waals surface area contributed by atoms with Gasteiger partial charge in [-0.1, -0.05) is 18.9 Å². The van der Waals surface area contributed by atoms with Gasteiger partial charge in [-0.05, 0) is 37.0 Å². The number of hydrogen-bond acceptors (Lipinski definition) is 4. The SMILES string of the molecule is CCOC(=O)C(CC1CC1)c1ccc(N)c(OCC(F)(F)F)c1. The lowest BCUT2D eigenvalue weighted by atomic mass is 9.93. The van der Waals surface area contributed by atoms with Gasteiger partial charge < -0.3 is 15.2 Å². The Morgan fingerprint density at radius 3 is 2.65 bits per heavy atom. The van der Waals surface area contributed by atoms with Crippen molar-refractivity contribution in [1.82, 2.24) is 0 Å². The summed E-state index contributed by atoms with van der Waals surface area (Å²) in [4.78, 5) is 12.1. The lowest BCUT2D eigenvalue weighted by Gasteiger charge is -2.18. The maximum absolute atomic E-state index is 12.3. The summed E-state index contributed by atoms with van der Waals surface area (Å²) >= 11 is 0. The van der Waals surface area contributed by atoms with Crippen LogP contribution in [0.2, 0.25) is 0 Å². The van der Waals surface area contributed by atoms with E-state index in [1.54, 1.807) is 13.0 Å². The number of nitrogen functional groups attached to an aromatic ring is 1. The summed E-state index contributed by atoms with van der Waals surface area (Å²) in [7, 11) is 0. The molecule has 2 rings (SSSR count). The Bertz CT molecular complexity index is 556. The zero-order valence-electron chi connectivity index (χ0n) is 12.9. The minimum atomic E-state index is -4.45. The van der Waals surface area contributed by atoms with Gasteiger partial charge in [0.15, 0.2) is 6.61 Å². The minimum Gasteiger partial charge on any atom is -0.482 e. The largest absolute Gasteiger partial charge is 0.482 e. The molecule has 0 bridgehead atoms. The molecule has 1 aromatic rings. The highest BCUT2D eigenvalue weighted by molar-refractivity contribution is 5.79. The van der Waals surface area contributed by atoms with Gasteiger partial charge in [-0.15, -0.1) is 0 Å². The Balaban J connectivity index is 2.19. The van der Waals surface area contributed by atoms with E-state index < -0.39 is 18.7 Å². The van der Waals surface area contributed by atoms with Gasteiger partial charge in [0.2, 0.25) is 0 Å².